The van der Waals surface area contributed by atoms with E-state index in [0.717, 1.165) is 55.2 Å². The van der Waals surface area contributed by atoms with Crippen LogP contribution >= 0.6 is 11.6 Å². The molecule has 1 spiro atoms. The zero-order valence-corrected chi connectivity index (χ0v) is 15.2. The van der Waals surface area contributed by atoms with E-state index in [1.807, 2.05) is 12.1 Å². The summed E-state index contributed by atoms with van der Waals surface area (Å²) in [5, 5.41) is 0.751. The average molecular weight is 361 g/mol. The van der Waals surface area contributed by atoms with Gasteiger partial charge in [0.1, 0.15) is 5.66 Å². The van der Waals surface area contributed by atoms with Gasteiger partial charge in [-0.15, -0.1) is 0 Å². The van der Waals surface area contributed by atoms with Crippen LogP contribution in [0.25, 0.3) is 0 Å². The number of hydrogen-bond acceptors (Lipinski definition) is 6. The van der Waals surface area contributed by atoms with Gasteiger partial charge in [0.15, 0.2) is 0 Å². The highest BCUT2D eigenvalue weighted by molar-refractivity contribution is 6.34. The molecule has 1 aromatic carbocycles. The van der Waals surface area contributed by atoms with Crippen molar-refractivity contribution in [2.45, 2.75) is 50.6 Å². The number of nitrogens with two attached hydrogens (primary N) is 2. The number of benzene rings is 1. The van der Waals surface area contributed by atoms with Gasteiger partial charge >= 0.3 is 0 Å². The summed E-state index contributed by atoms with van der Waals surface area (Å²) in [7, 11) is 0. The third kappa shape index (κ3) is 2.82. The van der Waals surface area contributed by atoms with Crippen molar-refractivity contribution in [3.8, 4) is 0 Å². The summed E-state index contributed by atoms with van der Waals surface area (Å²) in [6.45, 7) is 2.03. The van der Waals surface area contributed by atoms with Crippen molar-refractivity contribution in [2.75, 3.05) is 22.9 Å². The summed E-state index contributed by atoms with van der Waals surface area (Å²) in [4.78, 5) is 13.5. The quantitative estimate of drug-likeness (QED) is 0.849. The van der Waals surface area contributed by atoms with Crippen molar-refractivity contribution in [1.29, 1.82) is 0 Å². The molecular weight excluding hydrogens is 336 g/mol. The number of para-hydroxylation sites is 1. The van der Waals surface area contributed by atoms with Crippen molar-refractivity contribution in [3.63, 3.8) is 0 Å². The molecule has 2 aliphatic heterocycles. The Balaban J connectivity index is 1.84. The highest BCUT2D eigenvalue weighted by Gasteiger charge is 2.44. The third-order valence-corrected chi connectivity index (χ3v) is 5.79. The maximum absolute atomic E-state index is 6.62. The zero-order chi connectivity index (χ0) is 17.4. The van der Waals surface area contributed by atoms with Crippen molar-refractivity contribution in [2.24, 2.45) is 21.5 Å². The molecular formula is C18H25ClN6. The summed E-state index contributed by atoms with van der Waals surface area (Å²) < 4.78 is 0. The minimum atomic E-state index is -0.437. The lowest BCUT2D eigenvalue weighted by atomic mass is 9.87. The third-order valence-electron chi connectivity index (χ3n) is 5.48. The van der Waals surface area contributed by atoms with Crippen LogP contribution < -0.4 is 21.3 Å². The molecule has 3 aliphatic rings. The van der Waals surface area contributed by atoms with Gasteiger partial charge in [-0.25, -0.2) is 4.99 Å². The first-order chi connectivity index (χ1) is 12.1. The van der Waals surface area contributed by atoms with Gasteiger partial charge in [-0.2, -0.15) is 4.99 Å². The van der Waals surface area contributed by atoms with Gasteiger partial charge in [-0.05, 0) is 50.7 Å². The van der Waals surface area contributed by atoms with Crippen LogP contribution in [0.3, 0.4) is 0 Å². The van der Waals surface area contributed by atoms with E-state index < -0.39 is 5.66 Å². The van der Waals surface area contributed by atoms with Crippen LogP contribution in [0, 0.1) is 0 Å². The highest BCUT2D eigenvalue weighted by Crippen LogP contribution is 2.45. The molecule has 0 radical (unpaired) electrons. The normalized spacial score (nSPS) is 22.9. The first kappa shape index (κ1) is 16.5. The van der Waals surface area contributed by atoms with E-state index in [2.05, 4.69) is 20.9 Å². The Bertz CT molecular complexity index is 716. The standard InChI is InChI=1S/C18H25ClN6/c19-13-7-6-8-14(15(13)24-11-4-5-12-24)25-17(21)22-16(20)23-18(25)9-2-1-3-10-18/h6-8H,1-5,9-12H2,(H4,20,21,22,23). The Kier molecular flexibility index (Phi) is 4.23. The summed E-state index contributed by atoms with van der Waals surface area (Å²) >= 11 is 6.62. The molecule has 1 saturated carbocycles. The van der Waals surface area contributed by atoms with Gasteiger partial charge in [0.05, 0.1) is 16.4 Å². The van der Waals surface area contributed by atoms with Gasteiger partial charge in [-0.3, -0.25) is 4.90 Å². The van der Waals surface area contributed by atoms with Gasteiger partial charge in [0.2, 0.25) is 11.9 Å². The molecule has 7 heteroatoms. The number of halogens is 1. The molecule has 0 bridgehead atoms. The molecule has 6 nitrogen and oxygen atoms in total. The molecule has 1 aromatic rings. The Morgan fingerprint density at radius 1 is 1.00 bits per heavy atom. The van der Waals surface area contributed by atoms with E-state index >= 15 is 0 Å². The number of aliphatic imine (C=N–C) groups is 2. The number of hydrogen-bond donors (Lipinski definition) is 2. The monoisotopic (exact) mass is 360 g/mol. The lowest BCUT2D eigenvalue weighted by molar-refractivity contribution is 0.305. The van der Waals surface area contributed by atoms with E-state index in [1.165, 1.54) is 19.3 Å². The second-order valence-corrected chi connectivity index (χ2v) is 7.53. The Hall–Kier alpha value is -1.95. The van der Waals surface area contributed by atoms with Crippen LogP contribution in [-0.4, -0.2) is 30.7 Å². The molecule has 2 fully saturated rings. The van der Waals surface area contributed by atoms with Crippen LogP contribution in [0.5, 0.6) is 0 Å². The number of guanidine groups is 2. The Morgan fingerprint density at radius 3 is 2.44 bits per heavy atom. The van der Waals surface area contributed by atoms with Crippen molar-refractivity contribution in [3.05, 3.63) is 23.2 Å². The fraction of sp³-hybridized carbons (Fsp3) is 0.556. The predicted octanol–water partition coefficient (Wildman–Crippen LogP) is 3.05. The summed E-state index contributed by atoms with van der Waals surface area (Å²) in [6, 6.07) is 6.00. The van der Waals surface area contributed by atoms with Crippen LogP contribution in [0.4, 0.5) is 11.4 Å². The molecule has 4 N–H and O–H groups in total. The fourth-order valence-electron chi connectivity index (χ4n) is 4.41. The summed E-state index contributed by atoms with van der Waals surface area (Å²) in [5.74, 6) is 0.692. The van der Waals surface area contributed by atoms with Gasteiger partial charge in [0, 0.05) is 13.1 Å². The summed E-state index contributed by atoms with van der Waals surface area (Å²) in [5.41, 5.74) is 14.0. The molecule has 2 heterocycles. The number of rotatable bonds is 2. The second-order valence-electron chi connectivity index (χ2n) is 7.12. The molecule has 0 amide bonds. The van der Waals surface area contributed by atoms with Crippen LogP contribution in [0.2, 0.25) is 5.02 Å². The molecule has 1 saturated heterocycles. The van der Waals surface area contributed by atoms with Gasteiger partial charge in [0.25, 0.3) is 0 Å². The van der Waals surface area contributed by atoms with E-state index in [9.17, 15) is 0 Å². The highest BCUT2D eigenvalue weighted by atomic mass is 35.5. The van der Waals surface area contributed by atoms with Gasteiger partial charge in [-0.1, -0.05) is 24.1 Å². The largest absolute Gasteiger partial charge is 0.369 e. The first-order valence-corrected chi connectivity index (χ1v) is 9.52. The lowest BCUT2D eigenvalue weighted by Crippen LogP contribution is -2.58. The van der Waals surface area contributed by atoms with Crippen molar-refractivity contribution in [1.82, 2.24) is 0 Å². The predicted molar refractivity (Wildman–Crippen MR) is 104 cm³/mol. The van der Waals surface area contributed by atoms with Gasteiger partial charge < -0.3 is 16.4 Å². The Morgan fingerprint density at radius 2 is 1.72 bits per heavy atom. The topological polar surface area (TPSA) is 83.2 Å². The van der Waals surface area contributed by atoms with Crippen molar-refractivity contribution >= 4 is 34.9 Å². The molecule has 0 aromatic heterocycles. The van der Waals surface area contributed by atoms with Crippen LogP contribution in [0.15, 0.2) is 28.2 Å². The second kappa shape index (κ2) is 6.41. The fourth-order valence-corrected chi connectivity index (χ4v) is 4.70. The lowest BCUT2D eigenvalue weighted by Gasteiger charge is -2.46. The van der Waals surface area contributed by atoms with E-state index in [0.29, 0.717) is 5.96 Å². The minimum absolute atomic E-state index is 0.278. The smallest absolute Gasteiger partial charge is 0.220 e. The molecule has 0 unspecified atom stereocenters. The molecule has 1 aliphatic carbocycles. The maximum Gasteiger partial charge on any atom is 0.220 e. The molecule has 0 atom stereocenters. The van der Waals surface area contributed by atoms with Crippen LogP contribution in [-0.2, 0) is 0 Å². The van der Waals surface area contributed by atoms with Crippen molar-refractivity contribution < 1.29 is 0 Å². The summed E-state index contributed by atoms with van der Waals surface area (Å²) in [6.07, 6.45) is 7.66. The number of nitrogens with zero attached hydrogens (tertiary/aromatic N) is 4. The Labute approximate surface area is 153 Å². The zero-order valence-electron chi connectivity index (χ0n) is 14.4. The van der Waals surface area contributed by atoms with E-state index in [4.69, 9.17) is 28.1 Å². The van der Waals surface area contributed by atoms with Crippen LogP contribution in [0.1, 0.15) is 44.9 Å². The molecule has 4 rings (SSSR count). The SMILES string of the molecule is NC1=NC2(CCCCC2)N(c2cccc(Cl)c2N2CCCC2)C(N)=N1. The maximum atomic E-state index is 6.62. The number of anilines is 2. The minimum Gasteiger partial charge on any atom is -0.369 e. The first-order valence-electron chi connectivity index (χ1n) is 9.14. The van der Waals surface area contributed by atoms with E-state index in [-0.39, 0.29) is 5.96 Å². The van der Waals surface area contributed by atoms with E-state index in [1.54, 1.807) is 0 Å². The average Bonchev–Trinajstić information content (AvgIpc) is 3.09. The molecule has 134 valence electrons. The molecule has 25 heavy (non-hydrogen) atoms.